The number of hydrogen-bond donors (Lipinski definition) is 3. The Morgan fingerprint density at radius 3 is 2.52 bits per heavy atom. The maximum Gasteiger partial charge on any atom is 0.323 e. The van der Waals surface area contributed by atoms with Crippen LogP contribution in [0.25, 0.3) is 0 Å². The molecular weight excluding hydrogens is 336 g/mol. The number of hydrazine groups is 1. The lowest BCUT2D eigenvalue weighted by molar-refractivity contribution is 0.292. The van der Waals surface area contributed by atoms with Gasteiger partial charge in [-0.1, -0.05) is 35.0 Å². The predicted octanol–water partition coefficient (Wildman–Crippen LogP) is 2.32. The van der Waals surface area contributed by atoms with Crippen LogP contribution in [0.5, 0.6) is 6.01 Å². The van der Waals surface area contributed by atoms with Crippen molar-refractivity contribution in [2.75, 3.05) is 17.3 Å². The van der Waals surface area contributed by atoms with Crippen molar-refractivity contribution in [1.82, 2.24) is 15.0 Å². The number of nitrogens with two attached hydrogens (primary N) is 1. The first kappa shape index (κ1) is 15.5. The van der Waals surface area contributed by atoms with Crippen molar-refractivity contribution in [3.63, 3.8) is 0 Å². The highest BCUT2D eigenvalue weighted by atomic mass is 79.9. The van der Waals surface area contributed by atoms with Crippen LogP contribution in [-0.2, 0) is 6.54 Å². The van der Waals surface area contributed by atoms with Crippen LogP contribution in [-0.4, -0.2) is 21.6 Å². The van der Waals surface area contributed by atoms with E-state index in [0.29, 0.717) is 19.1 Å². The summed E-state index contributed by atoms with van der Waals surface area (Å²) in [6, 6.07) is 8.22. The zero-order valence-corrected chi connectivity index (χ0v) is 13.2. The molecule has 0 unspecified atom stereocenters. The second-order valence-corrected chi connectivity index (χ2v) is 5.15. The lowest BCUT2D eigenvalue weighted by atomic mass is 10.2. The highest BCUT2D eigenvalue weighted by Crippen LogP contribution is 2.14. The Morgan fingerprint density at radius 1 is 1.14 bits per heavy atom. The van der Waals surface area contributed by atoms with Crippen LogP contribution < -0.4 is 21.3 Å². The molecule has 4 N–H and O–H groups in total. The maximum absolute atomic E-state index is 5.40. The predicted molar refractivity (Wildman–Crippen MR) is 84.9 cm³/mol. The van der Waals surface area contributed by atoms with Gasteiger partial charge >= 0.3 is 6.01 Å². The van der Waals surface area contributed by atoms with Crippen molar-refractivity contribution < 1.29 is 4.74 Å². The summed E-state index contributed by atoms with van der Waals surface area (Å²) in [5.41, 5.74) is 3.51. The molecule has 0 aliphatic carbocycles. The number of ether oxygens (including phenoxy) is 1. The largest absolute Gasteiger partial charge is 0.463 e. The number of halogens is 1. The Balaban J connectivity index is 2.05. The van der Waals surface area contributed by atoms with Crippen LogP contribution in [0.3, 0.4) is 0 Å². The summed E-state index contributed by atoms with van der Waals surface area (Å²) in [6.07, 6.45) is 0.874. The average molecular weight is 353 g/mol. The fraction of sp³-hybridized carbons (Fsp3) is 0.308. The second kappa shape index (κ2) is 7.75. The number of nitrogen functional groups attached to an aromatic ring is 1. The van der Waals surface area contributed by atoms with E-state index in [9.17, 15) is 0 Å². The minimum absolute atomic E-state index is 0.248. The van der Waals surface area contributed by atoms with E-state index in [0.717, 1.165) is 16.5 Å². The molecule has 0 atom stereocenters. The van der Waals surface area contributed by atoms with Gasteiger partial charge in [0.2, 0.25) is 11.9 Å². The van der Waals surface area contributed by atoms with E-state index in [4.69, 9.17) is 10.6 Å². The Hall–Kier alpha value is -1.93. The van der Waals surface area contributed by atoms with Crippen LogP contribution in [0.2, 0.25) is 0 Å². The van der Waals surface area contributed by atoms with Crippen LogP contribution in [0.15, 0.2) is 28.7 Å². The van der Waals surface area contributed by atoms with Crippen LogP contribution >= 0.6 is 15.9 Å². The van der Waals surface area contributed by atoms with Crippen molar-refractivity contribution in [3.05, 3.63) is 34.3 Å². The summed E-state index contributed by atoms with van der Waals surface area (Å²) >= 11 is 3.40. The summed E-state index contributed by atoms with van der Waals surface area (Å²) in [5.74, 6) is 6.02. The topological polar surface area (TPSA) is 98.0 Å². The van der Waals surface area contributed by atoms with E-state index >= 15 is 0 Å². The number of nitrogens with zero attached hydrogens (tertiary/aromatic N) is 3. The molecule has 0 amide bonds. The van der Waals surface area contributed by atoms with E-state index in [2.05, 4.69) is 41.6 Å². The van der Waals surface area contributed by atoms with Gasteiger partial charge < -0.3 is 10.1 Å². The van der Waals surface area contributed by atoms with E-state index in [1.165, 1.54) is 0 Å². The zero-order chi connectivity index (χ0) is 15.1. The number of nitrogens with one attached hydrogen (secondary N) is 2. The number of anilines is 2. The summed E-state index contributed by atoms with van der Waals surface area (Å²) < 4.78 is 6.44. The number of aromatic nitrogens is 3. The highest BCUT2D eigenvalue weighted by molar-refractivity contribution is 9.10. The molecule has 0 radical (unpaired) electrons. The van der Waals surface area contributed by atoms with Gasteiger partial charge in [-0.05, 0) is 24.1 Å². The van der Waals surface area contributed by atoms with Crippen LogP contribution in [0.4, 0.5) is 11.9 Å². The van der Waals surface area contributed by atoms with Crippen molar-refractivity contribution >= 4 is 27.8 Å². The van der Waals surface area contributed by atoms with Crippen molar-refractivity contribution in [2.24, 2.45) is 5.84 Å². The first-order valence-corrected chi connectivity index (χ1v) is 7.34. The lowest BCUT2D eigenvalue weighted by Crippen LogP contribution is -2.14. The molecule has 1 aromatic carbocycles. The highest BCUT2D eigenvalue weighted by Gasteiger charge is 2.06. The van der Waals surface area contributed by atoms with Gasteiger partial charge in [-0.15, -0.1) is 0 Å². The van der Waals surface area contributed by atoms with Gasteiger partial charge in [0.25, 0.3) is 0 Å². The Bertz CT molecular complexity index is 577. The Morgan fingerprint density at radius 2 is 1.86 bits per heavy atom. The molecule has 8 heteroatoms. The van der Waals surface area contributed by atoms with E-state index in [1.54, 1.807) is 0 Å². The SMILES string of the molecule is CCCOc1nc(NN)nc(NCc2ccc(Br)cc2)n1. The normalized spacial score (nSPS) is 10.2. The number of hydrogen-bond acceptors (Lipinski definition) is 7. The van der Waals surface area contributed by atoms with Gasteiger partial charge in [0.15, 0.2) is 0 Å². The summed E-state index contributed by atoms with van der Waals surface area (Å²) in [4.78, 5) is 12.4. The number of rotatable bonds is 7. The first-order chi connectivity index (χ1) is 10.2. The minimum Gasteiger partial charge on any atom is -0.463 e. The molecule has 2 aromatic rings. The molecule has 0 saturated carbocycles. The molecule has 1 heterocycles. The van der Waals surface area contributed by atoms with Gasteiger partial charge in [0, 0.05) is 11.0 Å². The molecule has 0 saturated heterocycles. The van der Waals surface area contributed by atoms with E-state index in [1.807, 2.05) is 31.2 Å². The monoisotopic (exact) mass is 352 g/mol. The Labute approximate surface area is 131 Å². The quantitative estimate of drug-likeness (QED) is 0.519. The number of benzene rings is 1. The smallest absolute Gasteiger partial charge is 0.323 e. The lowest BCUT2D eigenvalue weighted by Gasteiger charge is -2.09. The van der Waals surface area contributed by atoms with Crippen LogP contribution in [0, 0.1) is 0 Å². The molecule has 7 nitrogen and oxygen atoms in total. The third kappa shape index (κ3) is 4.83. The third-order valence-corrected chi connectivity index (χ3v) is 3.07. The zero-order valence-electron chi connectivity index (χ0n) is 11.6. The first-order valence-electron chi connectivity index (χ1n) is 6.55. The fourth-order valence-corrected chi connectivity index (χ4v) is 1.81. The summed E-state index contributed by atoms with van der Waals surface area (Å²) in [7, 11) is 0. The van der Waals surface area contributed by atoms with Crippen molar-refractivity contribution in [2.45, 2.75) is 19.9 Å². The molecule has 21 heavy (non-hydrogen) atoms. The van der Waals surface area contributed by atoms with Gasteiger partial charge in [0.1, 0.15) is 0 Å². The summed E-state index contributed by atoms with van der Waals surface area (Å²) in [5, 5.41) is 3.12. The Kier molecular flexibility index (Phi) is 5.70. The second-order valence-electron chi connectivity index (χ2n) is 4.24. The average Bonchev–Trinajstić information content (AvgIpc) is 2.52. The molecule has 0 aliphatic heterocycles. The van der Waals surface area contributed by atoms with Gasteiger partial charge in [-0.2, -0.15) is 15.0 Å². The van der Waals surface area contributed by atoms with Crippen molar-refractivity contribution in [1.29, 1.82) is 0 Å². The third-order valence-electron chi connectivity index (χ3n) is 2.54. The fourth-order valence-electron chi connectivity index (χ4n) is 1.54. The molecule has 0 bridgehead atoms. The standard InChI is InChI=1S/C13H17BrN6O/c1-2-7-21-13-18-11(17-12(19-13)20-15)16-8-9-3-5-10(14)6-4-9/h3-6H,2,7-8,15H2,1H3,(H2,16,17,18,19,20). The van der Waals surface area contributed by atoms with E-state index in [-0.39, 0.29) is 12.0 Å². The molecule has 0 aliphatic rings. The molecule has 0 fully saturated rings. The molecular formula is C13H17BrN6O. The molecule has 1 aromatic heterocycles. The van der Waals surface area contributed by atoms with Gasteiger partial charge in [-0.25, -0.2) is 5.84 Å². The van der Waals surface area contributed by atoms with E-state index < -0.39 is 0 Å². The van der Waals surface area contributed by atoms with Crippen LogP contribution in [0.1, 0.15) is 18.9 Å². The maximum atomic E-state index is 5.40. The van der Waals surface area contributed by atoms with Gasteiger partial charge in [-0.3, -0.25) is 5.43 Å². The summed E-state index contributed by atoms with van der Waals surface area (Å²) in [6.45, 7) is 3.14. The van der Waals surface area contributed by atoms with Crippen molar-refractivity contribution in [3.8, 4) is 6.01 Å². The molecule has 112 valence electrons. The minimum atomic E-state index is 0.248. The molecule has 0 spiro atoms. The van der Waals surface area contributed by atoms with Gasteiger partial charge in [0.05, 0.1) is 6.61 Å². The molecule has 2 rings (SSSR count).